The Balaban J connectivity index is 1.91. The van der Waals surface area contributed by atoms with Gasteiger partial charge in [0.25, 0.3) is 5.91 Å². The first kappa shape index (κ1) is 28.7. The van der Waals surface area contributed by atoms with Gasteiger partial charge in [-0.15, -0.1) is 0 Å². The summed E-state index contributed by atoms with van der Waals surface area (Å²) in [6.07, 6.45) is 0.955. The Morgan fingerprint density at radius 3 is 2.52 bits per heavy atom. The molecule has 4 rings (SSSR count). The molecular weight excluding hydrogens is 530 g/mol. The number of nitrogens with zero attached hydrogens (tertiary/aromatic N) is 3. The fourth-order valence-electron chi connectivity index (χ4n) is 4.75. The van der Waals surface area contributed by atoms with Gasteiger partial charge >= 0.3 is 0 Å². The van der Waals surface area contributed by atoms with Crippen molar-refractivity contribution in [3.63, 3.8) is 0 Å². The van der Waals surface area contributed by atoms with Crippen LogP contribution in [0.1, 0.15) is 23.6 Å². The van der Waals surface area contributed by atoms with Crippen molar-refractivity contribution in [3.05, 3.63) is 71.3 Å². The van der Waals surface area contributed by atoms with Crippen LogP contribution in [-0.2, 0) is 30.8 Å². The number of nitrogens with one attached hydrogen (secondary N) is 2. The highest BCUT2D eigenvalue weighted by atomic mass is 32.2. The number of nitriles is 1. The van der Waals surface area contributed by atoms with Crippen LogP contribution in [0.5, 0.6) is 0 Å². The first-order chi connectivity index (χ1) is 18.9. The van der Waals surface area contributed by atoms with E-state index in [-0.39, 0.29) is 30.0 Å². The van der Waals surface area contributed by atoms with Gasteiger partial charge in [-0.05, 0) is 61.0 Å². The van der Waals surface area contributed by atoms with Crippen LogP contribution in [0.2, 0.25) is 0 Å². The van der Waals surface area contributed by atoms with E-state index in [1.807, 2.05) is 43.3 Å². The van der Waals surface area contributed by atoms with Crippen LogP contribution in [-0.4, -0.2) is 63.8 Å². The maximum absolute atomic E-state index is 14.2. The van der Waals surface area contributed by atoms with Gasteiger partial charge in [-0.2, -0.15) is 5.26 Å². The van der Waals surface area contributed by atoms with Gasteiger partial charge in [0.2, 0.25) is 11.8 Å². The molecule has 0 fully saturated rings. The van der Waals surface area contributed by atoms with E-state index < -0.39 is 45.4 Å². The van der Waals surface area contributed by atoms with Crippen molar-refractivity contribution in [1.82, 2.24) is 10.6 Å². The average molecular weight is 562 g/mol. The summed E-state index contributed by atoms with van der Waals surface area (Å²) in [5, 5.41) is 17.1. The summed E-state index contributed by atoms with van der Waals surface area (Å²) in [6.45, 7) is 3.38. The molecule has 2 unspecified atom stereocenters. The minimum atomic E-state index is -3.70. The molecule has 0 saturated heterocycles. The Hall–Kier alpha value is -4.27. The van der Waals surface area contributed by atoms with Crippen molar-refractivity contribution < 1.29 is 22.8 Å². The van der Waals surface area contributed by atoms with Crippen molar-refractivity contribution in [2.75, 3.05) is 35.4 Å². The second kappa shape index (κ2) is 11.5. The third kappa shape index (κ3) is 5.98. The summed E-state index contributed by atoms with van der Waals surface area (Å²) < 4.78 is 24.1. The highest BCUT2D eigenvalue weighted by Gasteiger charge is 2.38. The largest absolute Gasteiger partial charge is 0.341 e. The van der Waals surface area contributed by atoms with Crippen LogP contribution in [0.15, 0.2) is 54.6 Å². The third-order valence-corrected chi connectivity index (χ3v) is 7.81. The van der Waals surface area contributed by atoms with E-state index in [1.54, 1.807) is 14.0 Å². The number of anilines is 2. The van der Waals surface area contributed by atoms with E-state index in [4.69, 9.17) is 0 Å². The highest BCUT2D eigenvalue weighted by Crippen LogP contribution is 2.36. The number of fused-ring (bicyclic) bond motifs is 2. The molecule has 1 heterocycles. The molecule has 1 aliphatic heterocycles. The van der Waals surface area contributed by atoms with Gasteiger partial charge < -0.3 is 20.4 Å². The van der Waals surface area contributed by atoms with E-state index in [9.17, 15) is 28.1 Å². The van der Waals surface area contributed by atoms with Gasteiger partial charge in [0.15, 0.2) is 9.84 Å². The van der Waals surface area contributed by atoms with Crippen molar-refractivity contribution in [3.8, 4) is 6.07 Å². The lowest BCUT2D eigenvalue weighted by Gasteiger charge is -2.27. The first-order valence-corrected chi connectivity index (χ1v) is 14.8. The summed E-state index contributed by atoms with van der Waals surface area (Å²) in [4.78, 5) is 43.1. The van der Waals surface area contributed by atoms with Crippen LogP contribution in [0, 0.1) is 18.3 Å². The maximum atomic E-state index is 14.2. The monoisotopic (exact) mass is 561 g/mol. The summed E-state index contributed by atoms with van der Waals surface area (Å²) in [5.41, 5.74) is 2.61. The molecular formula is C29H31N5O5S. The topological polar surface area (TPSA) is 140 Å². The molecule has 2 atom stereocenters. The molecule has 11 heteroatoms. The number of hydrogen-bond donors (Lipinski definition) is 2. The Morgan fingerprint density at radius 1 is 1.12 bits per heavy atom. The molecule has 0 radical (unpaired) electrons. The maximum Gasteiger partial charge on any atom is 0.251 e. The van der Waals surface area contributed by atoms with Gasteiger partial charge in [0.05, 0.1) is 42.1 Å². The van der Waals surface area contributed by atoms with Crippen molar-refractivity contribution in [1.29, 1.82) is 5.26 Å². The number of aryl methyl sites for hydroxylation is 1. The summed E-state index contributed by atoms with van der Waals surface area (Å²) in [7, 11) is -2.10. The molecule has 3 aromatic rings. The minimum absolute atomic E-state index is 0.0932. The zero-order valence-corrected chi connectivity index (χ0v) is 23.6. The fraction of sp³-hybridized carbons (Fsp3) is 0.310. The number of carbonyl (C=O) groups excluding carboxylic acids is 3. The first-order valence-electron chi connectivity index (χ1n) is 12.7. The lowest BCUT2D eigenvalue weighted by Crippen LogP contribution is -2.56. The number of hydrogen-bond acceptors (Lipinski definition) is 7. The number of amides is 3. The molecule has 3 amide bonds. The molecule has 208 valence electrons. The van der Waals surface area contributed by atoms with E-state index in [0.29, 0.717) is 0 Å². The normalized spacial score (nSPS) is 16.2. The molecule has 10 nitrogen and oxygen atoms in total. The number of likely N-dealkylation sites (N-methyl/N-ethyl adjacent to an activating group) is 1. The smallest absolute Gasteiger partial charge is 0.251 e. The molecule has 0 aliphatic carbocycles. The zero-order chi connectivity index (χ0) is 29.2. The summed E-state index contributed by atoms with van der Waals surface area (Å²) >= 11 is 0. The van der Waals surface area contributed by atoms with Crippen LogP contribution >= 0.6 is 0 Å². The molecule has 40 heavy (non-hydrogen) atoms. The van der Waals surface area contributed by atoms with Crippen LogP contribution in [0.3, 0.4) is 0 Å². The lowest BCUT2D eigenvalue weighted by atomic mass is 9.98. The zero-order valence-electron chi connectivity index (χ0n) is 22.8. The predicted octanol–water partition coefficient (Wildman–Crippen LogP) is 2.04. The van der Waals surface area contributed by atoms with Crippen molar-refractivity contribution in [2.24, 2.45) is 0 Å². The Bertz CT molecular complexity index is 1650. The van der Waals surface area contributed by atoms with Crippen LogP contribution in [0.25, 0.3) is 10.8 Å². The van der Waals surface area contributed by atoms with E-state index in [2.05, 4.69) is 16.7 Å². The number of carbonyl (C=O) groups is 3. The van der Waals surface area contributed by atoms with E-state index >= 15 is 0 Å². The second-order valence-corrected chi connectivity index (χ2v) is 12.1. The number of sulfone groups is 1. The van der Waals surface area contributed by atoms with Gasteiger partial charge in [-0.25, -0.2) is 8.42 Å². The molecule has 0 spiro atoms. The van der Waals surface area contributed by atoms with Crippen molar-refractivity contribution >= 4 is 49.7 Å². The van der Waals surface area contributed by atoms with Crippen molar-refractivity contribution in [2.45, 2.75) is 32.5 Å². The SMILES string of the molecule is CNC(C)C(=O)NC1CN(C(=O)CS(C)(=O)=O)c2ccc(C#N)cc2N(Cc2c(C)ccc3ccccc23)C1=O. The third-order valence-electron chi connectivity index (χ3n) is 7.04. The molecule has 0 saturated carbocycles. The molecule has 0 aromatic heterocycles. The minimum Gasteiger partial charge on any atom is -0.341 e. The fourth-order valence-corrected chi connectivity index (χ4v) is 5.36. The Morgan fingerprint density at radius 2 is 1.85 bits per heavy atom. The van der Waals surface area contributed by atoms with E-state index in [1.165, 1.54) is 28.0 Å². The standard InChI is InChI=1S/C29H31N5O5S/c1-18-9-11-21-7-5-6-8-22(21)23(18)15-34-26-13-20(14-30)10-12-25(26)33(27(35)17-40(4,38)39)16-24(29(34)37)32-28(36)19(2)31-3/h5-13,19,24,31H,15-17H2,1-4H3,(H,32,36). The molecule has 0 bridgehead atoms. The van der Waals surface area contributed by atoms with E-state index in [0.717, 1.165) is 28.2 Å². The lowest BCUT2D eigenvalue weighted by molar-refractivity contribution is -0.128. The predicted molar refractivity (Wildman–Crippen MR) is 154 cm³/mol. The highest BCUT2D eigenvalue weighted by molar-refractivity contribution is 7.91. The van der Waals surface area contributed by atoms with Crippen LogP contribution in [0.4, 0.5) is 11.4 Å². The van der Waals surface area contributed by atoms with Gasteiger partial charge in [-0.1, -0.05) is 36.4 Å². The molecule has 1 aliphatic rings. The number of rotatable bonds is 7. The second-order valence-electron chi connectivity index (χ2n) is 9.97. The molecule has 2 N–H and O–H groups in total. The Kier molecular flexibility index (Phi) is 8.23. The van der Waals surface area contributed by atoms with Gasteiger partial charge in [0.1, 0.15) is 11.8 Å². The summed E-state index contributed by atoms with van der Waals surface area (Å²) in [6, 6.07) is 16.5. The Labute approximate surface area is 233 Å². The summed E-state index contributed by atoms with van der Waals surface area (Å²) in [5.74, 6) is -2.47. The van der Waals surface area contributed by atoms with Gasteiger partial charge in [-0.3, -0.25) is 14.4 Å². The average Bonchev–Trinajstić information content (AvgIpc) is 3.03. The molecule has 3 aromatic carbocycles. The van der Waals surface area contributed by atoms with Crippen LogP contribution < -0.4 is 20.4 Å². The van der Waals surface area contributed by atoms with Gasteiger partial charge in [0, 0.05) is 6.26 Å². The number of benzene rings is 3. The quantitative estimate of drug-likeness (QED) is 0.450.